The van der Waals surface area contributed by atoms with E-state index in [4.69, 9.17) is 11.6 Å². The zero-order valence-corrected chi connectivity index (χ0v) is 13.0. The topological polar surface area (TPSA) is 58.2 Å². The van der Waals surface area contributed by atoms with Crippen LogP contribution in [0.25, 0.3) is 0 Å². The Labute approximate surface area is 130 Å². The van der Waals surface area contributed by atoms with Crippen LogP contribution in [0.2, 0.25) is 5.02 Å². The quantitative estimate of drug-likeness (QED) is 0.898. The number of carbonyl (C=O) groups is 2. The highest BCUT2D eigenvalue weighted by molar-refractivity contribution is 6.33. The molecular formula is C16H21ClN2O2. The molecule has 2 N–H and O–H groups in total. The number of rotatable bonds is 4. The van der Waals surface area contributed by atoms with Crippen molar-refractivity contribution >= 4 is 23.4 Å². The van der Waals surface area contributed by atoms with E-state index in [1.807, 2.05) is 0 Å². The molecule has 0 bridgehead atoms. The lowest BCUT2D eigenvalue weighted by atomic mass is 9.87. The molecule has 1 aliphatic rings. The van der Waals surface area contributed by atoms with E-state index in [1.54, 1.807) is 24.3 Å². The van der Waals surface area contributed by atoms with Gasteiger partial charge in [-0.25, -0.2) is 0 Å². The van der Waals surface area contributed by atoms with Crippen LogP contribution >= 0.6 is 11.6 Å². The molecule has 0 saturated heterocycles. The monoisotopic (exact) mass is 308 g/mol. The molecule has 1 saturated carbocycles. The lowest BCUT2D eigenvalue weighted by molar-refractivity contribution is -0.121. The van der Waals surface area contributed by atoms with Crippen molar-refractivity contribution in [1.29, 1.82) is 0 Å². The number of hydrogen-bond donors (Lipinski definition) is 2. The maximum Gasteiger partial charge on any atom is 0.253 e. The Morgan fingerprint density at radius 2 is 2.05 bits per heavy atom. The van der Waals surface area contributed by atoms with Gasteiger partial charge in [0.05, 0.1) is 17.1 Å². The number of amides is 2. The Kier molecular flexibility index (Phi) is 5.62. The first-order chi connectivity index (χ1) is 10.1. The fourth-order valence-corrected chi connectivity index (χ4v) is 2.97. The average molecular weight is 309 g/mol. The van der Waals surface area contributed by atoms with Gasteiger partial charge in [-0.2, -0.15) is 0 Å². The summed E-state index contributed by atoms with van der Waals surface area (Å²) in [7, 11) is 0. The van der Waals surface area contributed by atoms with Crippen molar-refractivity contribution in [3.63, 3.8) is 0 Å². The largest absolute Gasteiger partial charge is 0.352 e. The summed E-state index contributed by atoms with van der Waals surface area (Å²) >= 11 is 5.94. The second-order valence-electron chi connectivity index (χ2n) is 5.70. The van der Waals surface area contributed by atoms with E-state index in [0.717, 1.165) is 19.3 Å². The minimum Gasteiger partial charge on any atom is -0.352 e. The maximum atomic E-state index is 11.9. The fraction of sp³-hybridized carbons (Fsp3) is 0.500. The molecule has 1 fully saturated rings. The third-order valence-corrected chi connectivity index (χ3v) is 4.16. The summed E-state index contributed by atoms with van der Waals surface area (Å²) in [5.41, 5.74) is 0.387. The van der Waals surface area contributed by atoms with Gasteiger partial charge in [-0.1, -0.05) is 43.5 Å². The molecular weight excluding hydrogens is 288 g/mol. The lowest BCUT2D eigenvalue weighted by Gasteiger charge is -2.27. The molecule has 114 valence electrons. The minimum atomic E-state index is -0.326. The molecule has 0 aromatic heterocycles. The molecule has 1 aliphatic carbocycles. The van der Waals surface area contributed by atoms with Gasteiger partial charge in [0.15, 0.2) is 0 Å². The second-order valence-corrected chi connectivity index (χ2v) is 6.11. The molecule has 2 rings (SSSR count). The van der Waals surface area contributed by atoms with Crippen LogP contribution in [0.3, 0.4) is 0 Å². The Bertz CT molecular complexity index is 519. The first kappa shape index (κ1) is 15.8. The van der Waals surface area contributed by atoms with E-state index in [0.29, 0.717) is 16.5 Å². The van der Waals surface area contributed by atoms with Gasteiger partial charge in [0.2, 0.25) is 5.91 Å². The van der Waals surface area contributed by atoms with Crippen molar-refractivity contribution < 1.29 is 9.59 Å². The van der Waals surface area contributed by atoms with Gasteiger partial charge in [0, 0.05) is 6.04 Å². The summed E-state index contributed by atoms with van der Waals surface area (Å²) in [5, 5.41) is 5.97. The van der Waals surface area contributed by atoms with Crippen LogP contribution in [0.5, 0.6) is 0 Å². The summed E-state index contributed by atoms with van der Waals surface area (Å²) in [6.07, 6.45) is 4.42. The second kappa shape index (κ2) is 7.46. The van der Waals surface area contributed by atoms with Crippen LogP contribution in [0.4, 0.5) is 0 Å². The number of benzene rings is 1. The van der Waals surface area contributed by atoms with Gasteiger partial charge in [-0.05, 0) is 30.9 Å². The van der Waals surface area contributed by atoms with E-state index in [1.165, 1.54) is 6.42 Å². The van der Waals surface area contributed by atoms with Crippen molar-refractivity contribution in [2.75, 3.05) is 6.54 Å². The van der Waals surface area contributed by atoms with E-state index in [2.05, 4.69) is 17.6 Å². The highest BCUT2D eigenvalue weighted by Gasteiger charge is 2.20. The predicted molar refractivity (Wildman–Crippen MR) is 83.3 cm³/mol. The number of hydrogen-bond acceptors (Lipinski definition) is 2. The number of nitrogens with one attached hydrogen (secondary N) is 2. The first-order valence-electron chi connectivity index (χ1n) is 7.38. The number of carbonyl (C=O) groups excluding carboxylic acids is 2. The van der Waals surface area contributed by atoms with Gasteiger partial charge < -0.3 is 10.6 Å². The summed E-state index contributed by atoms with van der Waals surface area (Å²) in [6.45, 7) is 2.19. The molecule has 4 nitrogen and oxygen atoms in total. The Balaban J connectivity index is 1.78. The van der Waals surface area contributed by atoms with Crippen LogP contribution in [0.15, 0.2) is 24.3 Å². The van der Waals surface area contributed by atoms with E-state index in [-0.39, 0.29) is 24.4 Å². The molecule has 0 heterocycles. The van der Waals surface area contributed by atoms with Crippen molar-refractivity contribution in [1.82, 2.24) is 10.6 Å². The molecule has 1 aromatic rings. The van der Waals surface area contributed by atoms with Crippen LogP contribution in [-0.2, 0) is 4.79 Å². The fourth-order valence-electron chi connectivity index (χ4n) is 2.75. The summed E-state index contributed by atoms with van der Waals surface area (Å²) in [6, 6.07) is 7.03. The molecule has 0 aliphatic heterocycles. The number of halogens is 1. The summed E-state index contributed by atoms with van der Waals surface area (Å²) in [5.74, 6) is 0.184. The normalized spacial score (nSPS) is 21.6. The molecule has 2 atom stereocenters. The summed E-state index contributed by atoms with van der Waals surface area (Å²) in [4.78, 5) is 23.8. The van der Waals surface area contributed by atoms with Gasteiger partial charge >= 0.3 is 0 Å². The van der Waals surface area contributed by atoms with Crippen molar-refractivity contribution in [3.8, 4) is 0 Å². The Hall–Kier alpha value is -1.55. The van der Waals surface area contributed by atoms with Gasteiger partial charge in [-0.3, -0.25) is 9.59 Å². The molecule has 5 heteroatoms. The molecule has 2 unspecified atom stereocenters. The highest BCUT2D eigenvalue weighted by atomic mass is 35.5. The Morgan fingerprint density at radius 1 is 1.29 bits per heavy atom. The first-order valence-corrected chi connectivity index (χ1v) is 7.76. The molecule has 2 amide bonds. The maximum absolute atomic E-state index is 11.9. The van der Waals surface area contributed by atoms with Gasteiger partial charge in [-0.15, -0.1) is 0 Å². The smallest absolute Gasteiger partial charge is 0.253 e. The third kappa shape index (κ3) is 4.74. The zero-order valence-electron chi connectivity index (χ0n) is 12.2. The average Bonchev–Trinajstić information content (AvgIpc) is 2.45. The van der Waals surface area contributed by atoms with Crippen LogP contribution in [0, 0.1) is 5.92 Å². The van der Waals surface area contributed by atoms with E-state index >= 15 is 0 Å². The summed E-state index contributed by atoms with van der Waals surface area (Å²) < 4.78 is 0. The van der Waals surface area contributed by atoms with Crippen molar-refractivity contribution in [2.24, 2.45) is 5.92 Å². The predicted octanol–water partition coefficient (Wildman–Crippen LogP) is 2.76. The van der Waals surface area contributed by atoms with Gasteiger partial charge in [0.25, 0.3) is 5.91 Å². The SMILES string of the molecule is CC1CCCC(NC(=O)CNC(=O)c2ccccc2Cl)C1. The zero-order chi connectivity index (χ0) is 15.2. The standard InChI is InChI=1S/C16H21ClN2O2/c1-11-5-4-6-12(9-11)19-15(20)10-18-16(21)13-7-2-3-8-14(13)17/h2-3,7-8,11-12H,4-6,9-10H2,1H3,(H,18,21)(H,19,20). The Morgan fingerprint density at radius 3 is 2.76 bits per heavy atom. The molecule has 1 aromatic carbocycles. The molecule has 0 spiro atoms. The van der Waals surface area contributed by atoms with Crippen LogP contribution in [0.1, 0.15) is 43.0 Å². The minimum absolute atomic E-state index is 0.0189. The van der Waals surface area contributed by atoms with Crippen molar-refractivity contribution in [3.05, 3.63) is 34.9 Å². The van der Waals surface area contributed by atoms with Crippen LogP contribution in [-0.4, -0.2) is 24.4 Å². The van der Waals surface area contributed by atoms with Crippen molar-refractivity contribution in [2.45, 2.75) is 38.6 Å². The molecule has 21 heavy (non-hydrogen) atoms. The molecule has 0 radical (unpaired) electrons. The van der Waals surface area contributed by atoms with E-state index < -0.39 is 0 Å². The highest BCUT2D eigenvalue weighted by Crippen LogP contribution is 2.23. The van der Waals surface area contributed by atoms with Crippen LogP contribution < -0.4 is 10.6 Å². The van der Waals surface area contributed by atoms with E-state index in [9.17, 15) is 9.59 Å². The lowest BCUT2D eigenvalue weighted by Crippen LogP contribution is -2.43. The third-order valence-electron chi connectivity index (χ3n) is 3.83. The van der Waals surface area contributed by atoms with Gasteiger partial charge in [0.1, 0.15) is 0 Å².